The number of nitrogens with zero attached hydrogens (tertiary/aromatic N) is 3. The van der Waals surface area contributed by atoms with Crippen molar-refractivity contribution >= 4 is 23.5 Å². The molecule has 5 atom stereocenters. The molecule has 3 aromatic rings. The second-order valence-electron chi connectivity index (χ2n) is 12.9. The summed E-state index contributed by atoms with van der Waals surface area (Å²) in [5, 5.41) is 18.5. The predicted molar refractivity (Wildman–Crippen MR) is 161 cm³/mol. The average Bonchev–Trinajstić information content (AvgIpc) is 3.68. The van der Waals surface area contributed by atoms with Gasteiger partial charge in [0.1, 0.15) is 5.82 Å². The van der Waals surface area contributed by atoms with Crippen molar-refractivity contribution in [2.24, 2.45) is 17.3 Å². The second-order valence-corrected chi connectivity index (χ2v) is 12.9. The standard InChI is InChI=1S/C34H41N5O4/c1-34(2,33(42)43)17-20-38-21-18-35-30(38)28-25-16-19-39(29(25)23-12-6-8-14-26(23)36-28)32(41)24-13-7-9-15-27(24)37-31(40)22-10-4-3-5-11-22/h3-6,8,10-12,14,18,21,24-25,27-29,36H,7,9,13,15-17,19-20H2,1-2H3,(H,37,40)(H,42,43)/p-1/t24-,25+,27+,28+,29-/m0/s1. The van der Waals surface area contributed by atoms with Crippen LogP contribution in [-0.2, 0) is 16.1 Å². The number of para-hydroxylation sites is 1. The fourth-order valence-corrected chi connectivity index (χ4v) is 7.17. The van der Waals surface area contributed by atoms with Gasteiger partial charge < -0.3 is 30.0 Å². The van der Waals surface area contributed by atoms with Crippen molar-refractivity contribution in [1.29, 1.82) is 0 Å². The maximum absolute atomic E-state index is 14.4. The zero-order valence-corrected chi connectivity index (χ0v) is 24.9. The van der Waals surface area contributed by atoms with Gasteiger partial charge in [-0.3, -0.25) is 9.59 Å². The fraction of sp³-hybridized carbons (Fsp3) is 0.471. The topological polar surface area (TPSA) is 119 Å². The molecule has 9 heteroatoms. The fourth-order valence-electron chi connectivity index (χ4n) is 7.17. The number of fused-ring (bicyclic) bond motifs is 3. The zero-order valence-electron chi connectivity index (χ0n) is 24.9. The van der Waals surface area contributed by atoms with E-state index in [2.05, 4.69) is 27.7 Å². The van der Waals surface area contributed by atoms with E-state index >= 15 is 0 Å². The Morgan fingerprint density at radius 2 is 1.77 bits per heavy atom. The molecule has 0 bridgehead atoms. The van der Waals surface area contributed by atoms with Crippen LogP contribution in [0.15, 0.2) is 67.0 Å². The van der Waals surface area contributed by atoms with E-state index in [1.54, 1.807) is 32.2 Å². The van der Waals surface area contributed by atoms with Crippen LogP contribution in [0, 0.1) is 17.3 Å². The highest BCUT2D eigenvalue weighted by atomic mass is 16.4. The highest BCUT2D eigenvalue weighted by molar-refractivity contribution is 5.95. The first-order chi connectivity index (χ1) is 20.7. The lowest BCUT2D eigenvalue weighted by molar-refractivity contribution is -0.318. The van der Waals surface area contributed by atoms with E-state index in [1.165, 1.54) is 0 Å². The molecule has 9 nitrogen and oxygen atoms in total. The van der Waals surface area contributed by atoms with Gasteiger partial charge >= 0.3 is 0 Å². The summed E-state index contributed by atoms with van der Waals surface area (Å²) in [6.45, 7) is 4.51. The predicted octanol–water partition coefficient (Wildman–Crippen LogP) is 4.09. The number of benzene rings is 2. The number of likely N-dealkylation sites (tertiary alicyclic amines) is 1. The smallest absolute Gasteiger partial charge is 0.251 e. The molecule has 2 amide bonds. The number of amides is 2. The lowest BCUT2D eigenvalue weighted by atomic mass is 9.80. The molecule has 1 aliphatic carbocycles. The first-order valence-electron chi connectivity index (χ1n) is 15.5. The summed E-state index contributed by atoms with van der Waals surface area (Å²) in [7, 11) is 0. The van der Waals surface area contributed by atoms with Gasteiger partial charge in [-0.2, -0.15) is 0 Å². The van der Waals surface area contributed by atoms with Gasteiger partial charge in [0.25, 0.3) is 5.91 Å². The molecule has 1 aromatic heterocycles. The van der Waals surface area contributed by atoms with Crippen LogP contribution in [0.2, 0.25) is 0 Å². The number of hydrogen-bond acceptors (Lipinski definition) is 6. The summed E-state index contributed by atoms with van der Waals surface area (Å²) in [5.41, 5.74) is 1.73. The number of carboxylic acids is 1. The maximum Gasteiger partial charge on any atom is 0.251 e. The average molecular weight is 583 g/mol. The summed E-state index contributed by atoms with van der Waals surface area (Å²) in [6.07, 6.45) is 8.40. The molecule has 1 saturated heterocycles. The van der Waals surface area contributed by atoms with E-state index in [0.29, 0.717) is 25.1 Å². The van der Waals surface area contributed by atoms with Crippen molar-refractivity contribution in [1.82, 2.24) is 19.8 Å². The normalized spacial score (nSPS) is 24.9. The van der Waals surface area contributed by atoms with Crippen molar-refractivity contribution in [3.63, 3.8) is 0 Å². The Bertz CT molecular complexity index is 1480. The molecule has 43 heavy (non-hydrogen) atoms. The van der Waals surface area contributed by atoms with Gasteiger partial charge in [0, 0.05) is 60.1 Å². The van der Waals surface area contributed by atoms with E-state index in [1.807, 2.05) is 41.1 Å². The first-order valence-corrected chi connectivity index (χ1v) is 15.5. The van der Waals surface area contributed by atoms with Gasteiger partial charge in [0.15, 0.2) is 0 Å². The molecule has 2 aromatic carbocycles. The number of nitrogens with one attached hydrogen (secondary N) is 2. The number of carbonyl (C=O) groups is 3. The minimum Gasteiger partial charge on any atom is -0.550 e. The molecule has 3 aliphatic rings. The highest BCUT2D eigenvalue weighted by Gasteiger charge is 2.49. The van der Waals surface area contributed by atoms with Gasteiger partial charge in [0.2, 0.25) is 5.91 Å². The van der Waals surface area contributed by atoms with Crippen LogP contribution in [0.3, 0.4) is 0 Å². The zero-order chi connectivity index (χ0) is 30.1. The number of rotatable bonds is 8. The van der Waals surface area contributed by atoms with Crippen LogP contribution in [0.5, 0.6) is 0 Å². The summed E-state index contributed by atoms with van der Waals surface area (Å²) in [5.74, 6) is -0.418. The van der Waals surface area contributed by atoms with Crippen molar-refractivity contribution in [3.05, 3.63) is 83.9 Å². The third-order valence-corrected chi connectivity index (χ3v) is 9.74. The number of anilines is 1. The van der Waals surface area contributed by atoms with E-state index in [-0.39, 0.29) is 41.8 Å². The molecule has 0 radical (unpaired) electrons. The van der Waals surface area contributed by atoms with E-state index in [0.717, 1.165) is 49.2 Å². The molecule has 0 unspecified atom stereocenters. The maximum atomic E-state index is 14.4. The van der Waals surface area contributed by atoms with Crippen molar-refractivity contribution < 1.29 is 19.5 Å². The third-order valence-electron chi connectivity index (χ3n) is 9.74. The van der Waals surface area contributed by atoms with Gasteiger partial charge in [-0.1, -0.05) is 63.1 Å². The van der Waals surface area contributed by atoms with Gasteiger partial charge in [-0.05, 0) is 49.4 Å². The number of aliphatic carboxylic acids is 1. The Balaban J connectivity index is 1.26. The molecule has 2 aliphatic heterocycles. The summed E-state index contributed by atoms with van der Waals surface area (Å²) in [4.78, 5) is 45.9. The van der Waals surface area contributed by atoms with Crippen LogP contribution in [-0.4, -0.2) is 44.8 Å². The highest BCUT2D eigenvalue weighted by Crippen LogP contribution is 2.51. The van der Waals surface area contributed by atoms with Crippen LogP contribution in [0.25, 0.3) is 0 Å². The molecule has 1 saturated carbocycles. The summed E-state index contributed by atoms with van der Waals surface area (Å²) >= 11 is 0. The molecule has 2 fully saturated rings. The summed E-state index contributed by atoms with van der Waals surface area (Å²) in [6, 6.07) is 16.9. The third kappa shape index (κ3) is 5.65. The van der Waals surface area contributed by atoms with Gasteiger partial charge in [0.05, 0.1) is 18.0 Å². The number of hydrogen-bond donors (Lipinski definition) is 2. The molecule has 2 N–H and O–H groups in total. The number of imidazole rings is 1. The minimum atomic E-state index is -1.06. The lowest BCUT2D eigenvalue weighted by Crippen LogP contribution is -2.50. The Morgan fingerprint density at radius 1 is 1.02 bits per heavy atom. The van der Waals surface area contributed by atoms with Crippen LogP contribution in [0.1, 0.15) is 86.2 Å². The van der Waals surface area contributed by atoms with Crippen LogP contribution >= 0.6 is 0 Å². The Kier molecular flexibility index (Phi) is 7.99. The Hall–Kier alpha value is -4.14. The Morgan fingerprint density at radius 3 is 2.56 bits per heavy atom. The number of aryl methyl sites for hydroxylation is 1. The van der Waals surface area contributed by atoms with Crippen LogP contribution in [0.4, 0.5) is 5.69 Å². The molecule has 226 valence electrons. The van der Waals surface area contributed by atoms with E-state index in [4.69, 9.17) is 4.98 Å². The van der Waals surface area contributed by atoms with E-state index < -0.39 is 11.4 Å². The van der Waals surface area contributed by atoms with Crippen molar-refractivity contribution in [2.45, 2.75) is 77.0 Å². The Labute approximate surface area is 252 Å². The molecule has 3 heterocycles. The molecule has 6 rings (SSSR count). The van der Waals surface area contributed by atoms with Crippen molar-refractivity contribution in [2.75, 3.05) is 11.9 Å². The second kappa shape index (κ2) is 11.9. The first kappa shape index (κ1) is 29.0. The van der Waals surface area contributed by atoms with Crippen LogP contribution < -0.4 is 15.7 Å². The lowest BCUT2D eigenvalue weighted by Gasteiger charge is -2.41. The quantitative estimate of drug-likeness (QED) is 0.413. The van der Waals surface area contributed by atoms with E-state index in [9.17, 15) is 19.5 Å². The molecular weight excluding hydrogens is 542 g/mol. The SMILES string of the molecule is CC(C)(CCn1ccnc1[C@@H]1Nc2ccccc2[C@H]2[C@@H]1CCN2C(=O)[C@H]1CCCC[C@H]1NC(=O)c1ccccc1)C(=O)[O-]. The molecule has 0 spiro atoms. The minimum absolute atomic E-state index is 0.0927. The monoisotopic (exact) mass is 582 g/mol. The number of carboxylic acid groups (broad SMARTS) is 1. The van der Waals surface area contributed by atoms with Crippen molar-refractivity contribution in [3.8, 4) is 0 Å². The van der Waals surface area contributed by atoms with Gasteiger partial charge in [-0.25, -0.2) is 4.98 Å². The van der Waals surface area contributed by atoms with Gasteiger partial charge in [-0.15, -0.1) is 0 Å². The molecular formula is C34H40N5O4-. The summed E-state index contributed by atoms with van der Waals surface area (Å²) < 4.78 is 2.04. The largest absolute Gasteiger partial charge is 0.550 e. The number of aromatic nitrogens is 2. The number of carbonyl (C=O) groups excluding carboxylic acids is 3.